The average molecular weight is 423 g/mol. The molecule has 6 heteroatoms. The fourth-order valence-electron chi connectivity index (χ4n) is 2.54. The summed E-state index contributed by atoms with van der Waals surface area (Å²) in [5, 5.41) is 5.16. The van der Waals surface area contributed by atoms with Gasteiger partial charge < -0.3 is 14.8 Å². The van der Waals surface area contributed by atoms with E-state index in [2.05, 4.69) is 5.32 Å². The van der Waals surface area contributed by atoms with Gasteiger partial charge in [-0.25, -0.2) is 0 Å². The van der Waals surface area contributed by atoms with Crippen LogP contribution in [0, 0.1) is 0 Å². The molecular weight excluding hydrogens is 405 g/mol. The molecule has 0 radical (unpaired) electrons. The van der Waals surface area contributed by atoms with Gasteiger partial charge in [-0.15, -0.1) is 0 Å². The minimum atomic E-state index is 0.323. The number of halogens is 3. The second-order valence-corrected chi connectivity index (χ2v) is 7.09. The van der Waals surface area contributed by atoms with Crippen molar-refractivity contribution in [3.63, 3.8) is 0 Å². The summed E-state index contributed by atoms with van der Waals surface area (Å²) in [7, 11) is 1.61. The van der Waals surface area contributed by atoms with Crippen molar-refractivity contribution in [2.45, 2.75) is 13.2 Å². The number of benzene rings is 3. The van der Waals surface area contributed by atoms with Gasteiger partial charge in [0, 0.05) is 22.2 Å². The van der Waals surface area contributed by atoms with E-state index in [0.29, 0.717) is 39.7 Å². The van der Waals surface area contributed by atoms with Gasteiger partial charge in [0.15, 0.2) is 11.5 Å². The zero-order valence-corrected chi connectivity index (χ0v) is 16.9. The van der Waals surface area contributed by atoms with Crippen molar-refractivity contribution >= 4 is 40.5 Å². The molecule has 3 aromatic rings. The summed E-state index contributed by atoms with van der Waals surface area (Å²) in [6.07, 6.45) is 0. The molecule has 0 spiro atoms. The molecule has 0 aromatic heterocycles. The number of para-hydroxylation sites is 1. The lowest BCUT2D eigenvalue weighted by Gasteiger charge is -2.14. The van der Waals surface area contributed by atoms with E-state index < -0.39 is 0 Å². The van der Waals surface area contributed by atoms with Crippen LogP contribution in [0.2, 0.25) is 15.1 Å². The number of anilines is 1. The molecule has 3 nitrogen and oxygen atoms in total. The van der Waals surface area contributed by atoms with Gasteiger partial charge in [-0.2, -0.15) is 0 Å². The van der Waals surface area contributed by atoms with E-state index in [1.54, 1.807) is 19.2 Å². The second kappa shape index (κ2) is 9.23. The summed E-state index contributed by atoms with van der Waals surface area (Å²) in [6.45, 7) is 0.937. The van der Waals surface area contributed by atoms with Crippen molar-refractivity contribution < 1.29 is 9.47 Å². The molecule has 0 aliphatic rings. The monoisotopic (exact) mass is 421 g/mol. The number of methoxy groups -OCH3 is 1. The van der Waals surface area contributed by atoms with Gasteiger partial charge in [0.1, 0.15) is 6.61 Å². The zero-order chi connectivity index (χ0) is 19.2. The summed E-state index contributed by atoms with van der Waals surface area (Å²) in [4.78, 5) is 0. The molecule has 0 aliphatic carbocycles. The maximum absolute atomic E-state index is 6.19. The minimum Gasteiger partial charge on any atom is -0.493 e. The van der Waals surface area contributed by atoms with Crippen molar-refractivity contribution in [3.05, 3.63) is 86.9 Å². The molecule has 3 rings (SSSR count). The van der Waals surface area contributed by atoms with E-state index in [1.165, 1.54) is 0 Å². The quantitative estimate of drug-likeness (QED) is 0.452. The van der Waals surface area contributed by atoms with Crippen LogP contribution in [0.15, 0.2) is 60.7 Å². The summed E-state index contributed by atoms with van der Waals surface area (Å²) in [6, 6.07) is 18.7. The third-order valence-corrected chi connectivity index (χ3v) is 4.90. The largest absolute Gasteiger partial charge is 0.493 e. The lowest BCUT2D eigenvalue weighted by molar-refractivity contribution is 0.284. The molecule has 0 amide bonds. The number of ether oxygens (including phenoxy) is 2. The molecule has 27 heavy (non-hydrogen) atoms. The SMILES string of the molecule is COc1cc(CNc2ccccc2Cl)ccc1OCc1ccc(Cl)cc1Cl. The Morgan fingerprint density at radius 2 is 1.67 bits per heavy atom. The van der Waals surface area contributed by atoms with Crippen LogP contribution in [0.5, 0.6) is 11.5 Å². The lowest BCUT2D eigenvalue weighted by Crippen LogP contribution is -2.02. The molecule has 0 saturated heterocycles. The van der Waals surface area contributed by atoms with E-state index in [-0.39, 0.29) is 0 Å². The highest BCUT2D eigenvalue weighted by Crippen LogP contribution is 2.31. The Morgan fingerprint density at radius 3 is 2.41 bits per heavy atom. The van der Waals surface area contributed by atoms with Crippen LogP contribution >= 0.6 is 34.8 Å². The summed E-state index contributed by atoms with van der Waals surface area (Å²) in [5.74, 6) is 1.29. The first-order chi connectivity index (χ1) is 13.1. The highest BCUT2D eigenvalue weighted by atomic mass is 35.5. The molecule has 0 atom stereocenters. The smallest absolute Gasteiger partial charge is 0.161 e. The highest BCUT2D eigenvalue weighted by Gasteiger charge is 2.09. The standard InChI is InChI=1S/C21H18Cl3NO2/c1-26-21-10-14(12-25-19-5-3-2-4-17(19)23)6-9-20(21)27-13-15-7-8-16(22)11-18(15)24/h2-11,25H,12-13H2,1H3. The number of nitrogens with one attached hydrogen (secondary N) is 1. The Balaban J connectivity index is 1.67. The van der Waals surface area contributed by atoms with Crippen LogP contribution < -0.4 is 14.8 Å². The molecule has 3 aromatic carbocycles. The zero-order valence-electron chi connectivity index (χ0n) is 14.6. The molecule has 0 fully saturated rings. The molecule has 0 heterocycles. The van der Waals surface area contributed by atoms with E-state index in [4.69, 9.17) is 44.3 Å². The first-order valence-corrected chi connectivity index (χ1v) is 9.42. The van der Waals surface area contributed by atoms with Crippen molar-refractivity contribution in [2.75, 3.05) is 12.4 Å². The Bertz CT molecular complexity index is 931. The molecular formula is C21H18Cl3NO2. The maximum Gasteiger partial charge on any atom is 0.161 e. The van der Waals surface area contributed by atoms with Crippen LogP contribution in [0.1, 0.15) is 11.1 Å². The maximum atomic E-state index is 6.19. The fraction of sp³-hybridized carbons (Fsp3) is 0.143. The van der Waals surface area contributed by atoms with Crippen molar-refractivity contribution in [3.8, 4) is 11.5 Å². The predicted octanol–water partition coefficient (Wildman–Crippen LogP) is 6.85. The minimum absolute atomic E-state index is 0.323. The Kier molecular flexibility index (Phi) is 6.73. The number of rotatable bonds is 7. The number of hydrogen-bond acceptors (Lipinski definition) is 3. The van der Waals surface area contributed by atoms with E-state index in [1.807, 2.05) is 48.5 Å². The predicted molar refractivity (Wildman–Crippen MR) is 113 cm³/mol. The van der Waals surface area contributed by atoms with Crippen LogP contribution in [0.3, 0.4) is 0 Å². The third-order valence-electron chi connectivity index (χ3n) is 3.98. The second-order valence-electron chi connectivity index (χ2n) is 5.84. The topological polar surface area (TPSA) is 30.5 Å². The molecule has 0 unspecified atom stereocenters. The summed E-state index contributed by atoms with van der Waals surface area (Å²) >= 11 is 18.3. The first-order valence-electron chi connectivity index (χ1n) is 8.29. The normalized spacial score (nSPS) is 10.5. The molecule has 0 saturated carbocycles. The van der Waals surface area contributed by atoms with Crippen LogP contribution in [0.25, 0.3) is 0 Å². The van der Waals surface area contributed by atoms with Gasteiger partial charge in [0.05, 0.1) is 17.8 Å². The highest BCUT2D eigenvalue weighted by molar-refractivity contribution is 6.35. The van der Waals surface area contributed by atoms with Gasteiger partial charge in [0.25, 0.3) is 0 Å². The van der Waals surface area contributed by atoms with Gasteiger partial charge in [-0.1, -0.05) is 59.1 Å². The molecule has 1 N–H and O–H groups in total. The van der Waals surface area contributed by atoms with Crippen molar-refractivity contribution in [2.24, 2.45) is 0 Å². The molecule has 140 valence electrons. The van der Waals surface area contributed by atoms with Gasteiger partial charge in [-0.05, 0) is 42.0 Å². The number of hydrogen-bond donors (Lipinski definition) is 1. The summed E-state index contributed by atoms with van der Waals surface area (Å²) in [5.41, 5.74) is 2.78. The average Bonchev–Trinajstić information content (AvgIpc) is 2.67. The van der Waals surface area contributed by atoms with Gasteiger partial charge >= 0.3 is 0 Å². The van der Waals surface area contributed by atoms with Crippen LogP contribution in [0.4, 0.5) is 5.69 Å². The summed E-state index contributed by atoms with van der Waals surface area (Å²) < 4.78 is 11.3. The van der Waals surface area contributed by atoms with Crippen molar-refractivity contribution in [1.82, 2.24) is 0 Å². The fourth-order valence-corrected chi connectivity index (χ4v) is 3.20. The first kappa shape index (κ1) is 19.7. The Morgan fingerprint density at radius 1 is 0.852 bits per heavy atom. The van der Waals surface area contributed by atoms with Crippen LogP contribution in [-0.4, -0.2) is 7.11 Å². The van der Waals surface area contributed by atoms with Crippen LogP contribution in [-0.2, 0) is 13.2 Å². The van der Waals surface area contributed by atoms with E-state index in [9.17, 15) is 0 Å². The van der Waals surface area contributed by atoms with Crippen molar-refractivity contribution in [1.29, 1.82) is 0 Å². The Labute approximate surface area is 173 Å². The van der Waals surface area contributed by atoms with E-state index in [0.717, 1.165) is 16.8 Å². The Hall–Kier alpha value is -2.07. The lowest BCUT2D eigenvalue weighted by atomic mass is 10.2. The van der Waals surface area contributed by atoms with Gasteiger partial charge in [-0.3, -0.25) is 0 Å². The molecule has 0 bridgehead atoms. The third kappa shape index (κ3) is 5.23. The molecule has 0 aliphatic heterocycles. The van der Waals surface area contributed by atoms with E-state index >= 15 is 0 Å². The van der Waals surface area contributed by atoms with Gasteiger partial charge in [0.2, 0.25) is 0 Å².